The van der Waals surface area contributed by atoms with Crippen molar-refractivity contribution in [3.63, 3.8) is 0 Å². The predicted molar refractivity (Wildman–Crippen MR) is 146 cm³/mol. The van der Waals surface area contributed by atoms with Crippen molar-refractivity contribution >= 4 is 16.9 Å². The van der Waals surface area contributed by atoms with Crippen LogP contribution in [-0.2, 0) is 30.6 Å². The number of imidazole rings is 1. The molecular weight excluding hydrogens is 466 g/mol. The van der Waals surface area contributed by atoms with E-state index in [0.29, 0.717) is 31.2 Å². The highest BCUT2D eigenvalue weighted by Crippen LogP contribution is 2.27. The van der Waals surface area contributed by atoms with Crippen molar-refractivity contribution in [2.24, 2.45) is 0 Å². The molecule has 7 nitrogen and oxygen atoms in total. The van der Waals surface area contributed by atoms with Gasteiger partial charge in [-0.25, -0.2) is 4.98 Å². The second-order valence-electron chi connectivity index (χ2n) is 8.83. The molecule has 1 heterocycles. The number of rotatable bonds is 13. The van der Waals surface area contributed by atoms with Crippen molar-refractivity contribution in [3.05, 3.63) is 83.7 Å². The number of aryl methyl sites for hydroxylation is 2. The van der Waals surface area contributed by atoms with Gasteiger partial charge in [-0.3, -0.25) is 4.79 Å². The zero-order valence-electron chi connectivity index (χ0n) is 21.8. The van der Waals surface area contributed by atoms with Gasteiger partial charge < -0.3 is 24.1 Å². The number of carbonyl (C=O) groups excluding carboxylic acids is 1. The summed E-state index contributed by atoms with van der Waals surface area (Å²) in [6.07, 6.45) is 2.85. The number of ether oxygens (including phenoxy) is 3. The fourth-order valence-corrected chi connectivity index (χ4v) is 4.35. The van der Waals surface area contributed by atoms with Crippen molar-refractivity contribution < 1.29 is 19.0 Å². The monoisotopic (exact) mass is 501 g/mol. The van der Waals surface area contributed by atoms with Crippen molar-refractivity contribution in [1.82, 2.24) is 14.9 Å². The molecule has 1 amide bonds. The average molecular weight is 502 g/mol. The summed E-state index contributed by atoms with van der Waals surface area (Å²) >= 11 is 0. The third-order valence-corrected chi connectivity index (χ3v) is 6.36. The zero-order chi connectivity index (χ0) is 26.0. The minimum Gasteiger partial charge on any atom is -0.493 e. The van der Waals surface area contributed by atoms with Gasteiger partial charge in [0, 0.05) is 13.0 Å². The molecule has 37 heavy (non-hydrogen) atoms. The van der Waals surface area contributed by atoms with E-state index in [1.807, 2.05) is 48.5 Å². The number of fused-ring (bicyclic) bond motifs is 1. The van der Waals surface area contributed by atoms with Crippen LogP contribution in [0, 0.1) is 0 Å². The van der Waals surface area contributed by atoms with Crippen LogP contribution in [0.25, 0.3) is 11.0 Å². The summed E-state index contributed by atoms with van der Waals surface area (Å²) in [4.78, 5) is 17.3. The van der Waals surface area contributed by atoms with Gasteiger partial charge in [-0.2, -0.15) is 0 Å². The molecule has 0 bridgehead atoms. The molecule has 3 aromatic carbocycles. The molecule has 0 aliphatic heterocycles. The van der Waals surface area contributed by atoms with Gasteiger partial charge in [0.05, 0.1) is 38.2 Å². The molecule has 0 aliphatic rings. The lowest BCUT2D eigenvalue weighted by atomic mass is 10.1. The van der Waals surface area contributed by atoms with E-state index in [9.17, 15) is 4.79 Å². The van der Waals surface area contributed by atoms with Crippen molar-refractivity contribution in [2.75, 3.05) is 27.4 Å². The molecule has 7 heteroatoms. The standard InChI is InChI=1S/C30H35N3O4/c1-4-22-11-14-24(15-12-22)37-19-18-33-26-9-6-5-8-25(26)32-29(33)10-7-17-31-30(34)21-23-13-16-27(35-2)28(20-23)36-3/h5-6,8-9,11-16,20H,4,7,10,17-19,21H2,1-3H3,(H,31,34). The van der Waals surface area contributed by atoms with Crippen molar-refractivity contribution in [1.29, 1.82) is 0 Å². The highest BCUT2D eigenvalue weighted by Gasteiger charge is 2.12. The first-order valence-corrected chi connectivity index (χ1v) is 12.7. The van der Waals surface area contributed by atoms with Crippen LogP contribution in [0.3, 0.4) is 0 Å². The van der Waals surface area contributed by atoms with Crippen molar-refractivity contribution in [2.45, 2.75) is 39.2 Å². The summed E-state index contributed by atoms with van der Waals surface area (Å²) < 4.78 is 18.8. The Morgan fingerprint density at radius 3 is 2.46 bits per heavy atom. The van der Waals surface area contributed by atoms with Gasteiger partial charge in [0.1, 0.15) is 18.2 Å². The normalized spacial score (nSPS) is 10.9. The third kappa shape index (κ3) is 6.82. The van der Waals surface area contributed by atoms with Gasteiger partial charge >= 0.3 is 0 Å². The second kappa shape index (κ2) is 12.8. The van der Waals surface area contributed by atoms with E-state index in [0.717, 1.165) is 47.4 Å². The Bertz CT molecular complexity index is 1310. The number of nitrogens with one attached hydrogen (secondary N) is 1. The van der Waals surface area contributed by atoms with E-state index in [2.05, 4.69) is 35.0 Å². The van der Waals surface area contributed by atoms with Gasteiger partial charge in [-0.05, 0) is 60.4 Å². The van der Waals surface area contributed by atoms with Gasteiger partial charge in [-0.15, -0.1) is 0 Å². The number of para-hydroxylation sites is 2. The lowest BCUT2D eigenvalue weighted by Crippen LogP contribution is -2.26. The van der Waals surface area contributed by atoms with Crippen LogP contribution in [-0.4, -0.2) is 42.8 Å². The summed E-state index contributed by atoms with van der Waals surface area (Å²) in [5, 5.41) is 3.02. The van der Waals surface area contributed by atoms with E-state index in [1.54, 1.807) is 14.2 Å². The molecule has 1 N–H and O–H groups in total. The summed E-state index contributed by atoms with van der Waals surface area (Å²) in [7, 11) is 3.18. The van der Waals surface area contributed by atoms with Gasteiger partial charge in [0.15, 0.2) is 11.5 Å². The fourth-order valence-electron chi connectivity index (χ4n) is 4.35. The van der Waals surface area contributed by atoms with Crippen LogP contribution in [0.5, 0.6) is 17.2 Å². The van der Waals surface area contributed by atoms with Gasteiger partial charge in [-0.1, -0.05) is 37.3 Å². The molecule has 0 unspecified atom stereocenters. The number of hydrogen-bond donors (Lipinski definition) is 1. The molecule has 0 fully saturated rings. The number of benzene rings is 3. The van der Waals surface area contributed by atoms with Crippen LogP contribution in [0.2, 0.25) is 0 Å². The lowest BCUT2D eigenvalue weighted by Gasteiger charge is -2.12. The maximum absolute atomic E-state index is 12.5. The maximum Gasteiger partial charge on any atom is 0.224 e. The molecule has 0 radical (unpaired) electrons. The molecule has 194 valence electrons. The highest BCUT2D eigenvalue weighted by molar-refractivity contribution is 5.79. The van der Waals surface area contributed by atoms with E-state index in [1.165, 1.54) is 5.56 Å². The van der Waals surface area contributed by atoms with Gasteiger partial charge in [0.2, 0.25) is 5.91 Å². The lowest BCUT2D eigenvalue weighted by molar-refractivity contribution is -0.120. The molecule has 4 rings (SSSR count). The number of aromatic nitrogens is 2. The minimum atomic E-state index is -0.0248. The molecule has 0 saturated heterocycles. The Morgan fingerprint density at radius 1 is 0.946 bits per heavy atom. The highest BCUT2D eigenvalue weighted by atomic mass is 16.5. The van der Waals surface area contributed by atoms with Crippen molar-refractivity contribution in [3.8, 4) is 17.2 Å². The number of nitrogens with zero attached hydrogens (tertiary/aromatic N) is 2. The van der Waals surface area contributed by atoms with Crippen LogP contribution in [0.4, 0.5) is 0 Å². The Labute approximate surface area is 218 Å². The molecule has 0 saturated carbocycles. The summed E-state index contributed by atoms with van der Waals surface area (Å²) in [6, 6.07) is 21.9. The van der Waals surface area contributed by atoms with Crippen LogP contribution < -0.4 is 19.5 Å². The number of methoxy groups -OCH3 is 2. The molecular formula is C30H35N3O4. The SMILES string of the molecule is CCc1ccc(OCCn2c(CCCNC(=O)Cc3ccc(OC)c(OC)c3)nc3ccccc32)cc1. The predicted octanol–water partition coefficient (Wildman–Crippen LogP) is 4.99. The maximum atomic E-state index is 12.5. The van der Waals surface area contributed by atoms with E-state index >= 15 is 0 Å². The third-order valence-electron chi connectivity index (χ3n) is 6.36. The molecule has 4 aromatic rings. The van der Waals surface area contributed by atoms with Crippen LogP contribution in [0.1, 0.15) is 30.3 Å². The smallest absolute Gasteiger partial charge is 0.224 e. The minimum absolute atomic E-state index is 0.0248. The number of carbonyl (C=O) groups is 1. The Hall–Kier alpha value is -4.00. The Kier molecular flexibility index (Phi) is 9.03. The molecule has 0 atom stereocenters. The van der Waals surface area contributed by atoms with E-state index < -0.39 is 0 Å². The van der Waals surface area contributed by atoms with Crippen LogP contribution >= 0.6 is 0 Å². The zero-order valence-corrected chi connectivity index (χ0v) is 21.8. The molecule has 0 spiro atoms. The Balaban J connectivity index is 1.30. The van der Waals surface area contributed by atoms with E-state index in [-0.39, 0.29) is 12.3 Å². The summed E-state index contributed by atoms with van der Waals surface area (Å²) in [6.45, 7) is 3.98. The quantitative estimate of drug-likeness (QED) is 0.261. The second-order valence-corrected chi connectivity index (χ2v) is 8.83. The molecule has 1 aromatic heterocycles. The summed E-state index contributed by atoms with van der Waals surface area (Å²) in [5.41, 5.74) is 4.24. The first-order chi connectivity index (χ1) is 18.1. The fraction of sp³-hybridized carbons (Fsp3) is 0.333. The Morgan fingerprint density at radius 2 is 1.70 bits per heavy atom. The molecule has 0 aliphatic carbocycles. The first-order valence-electron chi connectivity index (χ1n) is 12.7. The summed E-state index contributed by atoms with van der Waals surface area (Å²) in [5.74, 6) is 3.12. The van der Waals surface area contributed by atoms with Gasteiger partial charge in [0.25, 0.3) is 0 Å². The first kappa shape index (κ1) is 26.1. The van der Waals surface area contributed by atoms with E-state index in [4.69, 9.17) is 19.2 Å². The topological polar surface area (TPSA) is 74.6 Å². The number of hydrogen-bond acceptors (Lipinski definition) is 5. The number of amides is 1. The largest absolute Gasteiger partial charge is 0.493 e. The average Bonchev–Trinajstić information content (AvgIpc) is 3.28. The van der Waals surface area contributed by atoms with Crippen LogP contribution in [0.15, 0.2) is 66.7 Å².